The average molecular weight is 1650 g/mol. The lowest BCUT2D eigenvalue weighted by Gasteiger charge is -2.33. The van der Waals surface area contributed by atoms with Gasteiger partial charge in [0.15, 0.2) is 5.96 Å². The Bertz CT molecular complexity index is 4870. The number of benzene rings is 9. The monoisotopic (exact) mass is 1640 g/mol. The number of nitrogens with two attached hydrogens (primary N) is 3. The second-order valence-corrected chi connectivity index (χ2v) is 33.1. The molecule has 12 N–H and O–H groups in total. The summed E-state index contributed by atoms with van der Waals surface area (Å²) in [6, 6.07) is 68.1. The lowest BCUT2D eigenvalue weighted by atomic mass is 9.95. The quantitative estimate of drug-likeness (QED) is 0.0115. The number of halogens is 1. The molecular formula is C97H122ClN15O7. The van der Waals surface area contributed by atoms with Gasteiger partial charge in [-0.05, 0) is 220 Å². The average Bonchev–Trinajstić information content (AvgIpc) is 1.41. The summed E-state index contributed by atoms with van der Waals surface area (Å²) < 4.78 is 0. The molecule has 5 aliphatic rings. The van der Waals surface area contributed by atoms with Gasteiger partial charge in [-0.2, -0.15) is 0 Å². The third-order valence-corrected chi connectivity index (χ3v) is 24.3. The van der Waals surface area contributed by atoms with E-state index in [0.717, 1.165) is 127 Å². The fourth-order valence-electron chi connectivity index (χ4n) is 17.2. The molecule has 120 heavy (non-hydrogen) atoms. The summed E-state index contributed by atoms with van der Waals surface area (Å²) in [5, 5.41) is 27.0. The van der Waals surface area contributed by atoms with E-state index in [9.17, 15) is 33.6 Å². The van der Waals surface area contributed by atoms with Gasteiger partial charge in [0.1, 0.15) is 0 Å². The number of guanidine groups is 1. The minimum absolute atomic E-state index is 0.0134. The zero-order chi connectivity index (χ0) is 84.0. The van der Waals surface area contributed by atoms with Crippen LogP contribution < -0.4 is 49.1 Å². The number of nitrogens with zero attached hydrogens (tertiary/aromatic N) is 6. The second kappa shape index (κ2) is 45.7. The molecule has 0 saturated carbocycles. The zero-order valence-electron chi connectivity index (χ0n) is 69.6. The van der Waals surface area contributed by atoms with Crippen molar-refractivity contribution in [3.05, 3.63) is 251 Å². The van der Waals surface area contributed by atoms with Crippen LogP contribution in [0.1, 0.15) is 169 Å². The van der Waals surface area contributed by atoms with Gasteiger partial charge in [0.05, 0.1) is 24.0 Å². The molecule has 23 heteroatoms. The normalized spacial score (nSPS) is 19.8. The summed E-state index contributed by atoms with van der Waals surface area (Å²) in [5.41, 5.74) is 21.9. The van der Waals surface area contributed by atoms with Gasteiger partial charge in [0, 0.05) is 124 Å². The molecule has 5 fully saturated rings. The van der Waals surface area contributed by atoms with Gasteiger partial charge in [-0.25, -0.2) is 0 Å². The maximum absolute atomic E-state index is 14.0. The maximum atomic E-state index is 14.0. The first kappa shape index (κ1) is 88.7. The van der Waals surface area contributed by atoms with Gasteiger partial charge in [0.2, 0.25) is 23.6 Å². The molecule has 5 saturated heterocycles. The first-order valence-electron chi connectivity index (χ1n) is 43.6. The molecule has 14 rings (SSSR count). The lowest BCUT2D eigenvalue weighted by Crippen LogP contribution is -2.50. The van der Waals surface area contributed by atoms with Crippen LogP contribution >= 0.6 is 11.6 Å². The van der Waals surface area contributed by atoms with Crippen LogP contribution in [0.15, 0.2) is 217 Å². The molecule has 0 aliphatic carbocycles. The third-order valence-electron chi connectivity index (χ3n) is 24.0. The number of rotatable bonds is 30. The van der Waals surface area contributed by atoms with Gasteiger partial charge in [0.25, 0.3) is 17.7 Å². The molecule has 2 unspecified atom stereocenters. The Morgan fingerprint density at radius 3 is 1.35 bits per heavy atom. The number of aliphatic imine (C=N–C) groups is 1. The number of likely N-dealkylation sites (tertiary alicyclic amines) is 2. The molecule has 5 heterocycles. The molecule has 5 aliphatic heterocycles. The van der Waals surface area contributed by atoms with E-state index in [1.54, 1.807) is 0 Å². The SMILES string of the molecule is CCC(CN1CC[C@@H](CNC(=O)c2ccc3ccccc3c2)N[C@@H](CCCN2CCCCC2)C1=O)c1ccccc1.NC(N)=NCCC[C@@H]1N[C@H](CNC(=O)c2ccc3ccccc3c2)CCN(CC(C(=O)N2CCCCC2)c2ccccc2)C1=O.NCCC[C@@H]1N[C@H](CNC(=O)c2ccc3ccccc3c2)CCN(Cc2cccc(Cl)c2)C1=O. The van der Waals surface area contributed by atoms with E-state index in [2.05, 4.69) is 83.9 Å². The molecular weight excluding hydrogens is 1520 g/mol. The Kier molecular flexibility index (Phi) is 33.8. The Balaban J connectivity index is 0.000000167. The van der Waals surface area contributed by atoms with Crippen LogP contribution in [-0.4, -0.2) is 206 Å². The largest absolute Gasteiger partial charge is 0.370 e. The van der Waals surface area contributed by atoms with Crippen molar-refractivity contribution in [1.82, 2.24) is 56.4 Å². The first-order chi connectivity index (χ1) is 58.5. The van der Waals surface area contributed by atoms with E-state index in [1.807, 2.05) is 197 Å². The highest BCUT2D eigenvalue weighted by Crippen LogP contribution is 2.29. The van der Waals surface area contributed by atoms with Crippen LogP contribution in [0.2, 0.25) is 5.02 Å². The van der Waals surface area contributed by atoms with E-state index in [1.165, 1.54) is 37.9 Å². The fraction of sp³-hybridized carbons (Fsp3) is 0.423. The first-order valence-corrected chi connectivity index (χ1v) is 44.0. The van der Waals surface area contributed by atoms with E-state index >= 15 is 0 Å². The van der Waals surface area contributed by atoms with Gasteiger partial charge in [-0.1, -0.05) is 189 Å². The topological polar surface area (TPSA) is 298 Å². The molecule has 0 aromatic heterocycles. The number of nitrogens with one attached hydrogen (secondary N) is 6. The zero-order valence-corrected chi connectivity index (χ0v) is 70.4. The minimum Gasteiger partial charge on any atom is -0.370 e. The van der Waals surface area contributed by atoms with Gasteiger partial charge >= 0.3 is 0 Å². The number of fused-ring (bicyclic) bond motifs is 3. The van der Waals surface area contributed by atoms with Crippen LogP contribution in [0.3, 0.4) is 0 Å². The van der Waals surface area contributed by atoms with E-state index < -0.39 is 12.0 Å². The summed E-state index contributed by atoms with van der Waals surface area (Å²) >= 11 is 6.14. The van der Waals surface area contributed by atoms with Crippen molar-refractivity contribution in [1.29, 1.82) is 0 Å². The predicted molar refractivity (Wildman–Crippen MR) is 482 cm³/mol. The van der Waals surface area contributed by atoms with Crippen LogP contribution in [0.25, 0.3) is 32.3 Å². The van der Waals surface area contributed by atoms with Crippen molar-refractivity contribution in [2.75, 3.05) is 98.2 Å². The Labute approximate surface area is 712 Å². The summed E-state index contributed by atoms with van der Waals surface area (Å²) in [6.07, 6.45) is 14.6. The molecule has 0 radical (unpaired) electrons. The molecule has 7 amide bonds. The van der Waals surface area contributed by atoms with E-state index in [-0.39, 0.29) is 77.5 Å². The van der Waals surface area contributed by atoms with Crippen molar-refractivity contribution in [2.24, 2.45) is 22.2 Å². The molecule has 22 nitrogen and oxygen atoms in total. The number of hydrogen-bond acceptors (Lipinski definition) is 13. The van der Waals surface area contributed by atoms with Gasteiger partial charge in [-0.3, -0.25) is 38.6 Å². The second-order valence-electron chi connectivity index (χ2n) is 32.7. The van der Waals surface area contributed by atoms with Crippen LogP contribution in [-0.2, 0) is 25.7 Å². The van der Waals surface area contributed by atoms with Crippen LogP contribution in [0.5, 0.6) is 0 Å². The Morgan fingerprint density at radius 1 is 0.458 bits per heavy atom. The highest BCUT2D eigenvalue weighted by molar-refractivity contribution is 6.30. The Morgan fingerprint density at radius 2 is 0.883 bits per heavy atom. The minimum atomic E-state index is -0.495. The maximum Gasteiger partial charge on any atom is 0.251 e. The number of carbonyl (C=O) groups is 7. The number of carbonyl (C=O) groups excluding carboxylic acids is 7. The molecule has 9 aromatic rings. The third kappa shape index (κ3) is 26.0. The summed E-state index contributed by atoms with van der Waals surface area (Å²) in [4.78, 5) is 109. The van der Waals surface area contributed by atoms with Crippen LogP contribution in [0.4, 0.5) is 0 Å². The summed E-state index contributed by atoms with van der Waals surface area (Å²) in [5.74, 6) is -0.135. The van der Waals surface area contributed by atoms with E-state index in [0.29, 0.717) is 119 Å². The Hall–Kier alpha value is -10.6. The fourth-order valence-corrected chi connectivity index (χ4v) is 17.4. The summed E-state index contributed by atoms with van der Waals surface area (Å²) in [7, 11) is 0. The molecule has 0 spiro atoms. The molecule has 0 bridgehead atoms. The van der Waals surface area contributed by atoms with Crippen molar-refractivity contribution in [3.8, 4) is 0 Å². The standard InChI is InChI=1S/C35H45N7O3.C35H46N4O2.C27H31ClN4O2/c36-35(37)38-18-9-14-31-34(45)42(24-30(26-11-3-1-4-12-26)33(44)41-19-7-2-8-20-41)21-17-29(40-31)23-39-32(43)28-16-15-25-10-5-6-13-27(25)22-28;1-2-27(28-12-5-3-6-13-28)26-39-23-19-32(37-33(35(39)41)16-11-22-38-20-9-4-10-21-38)25-36-34(40)31-18-17-29-14-7-8-15-30(29)24-31;28-23-8-3-5-19(15-23)18-32-14-12-24(31-25(27(32)34)9-4-13-29)17-30-26(33)22-11-10-20-6-1-2-7-21(20)16-22/h1,3-6,10-13,15-16,22,29-31,40H,2,7-9,14,17-21,23-24H2,(H,39,43)(H4,36,37,38);3,5-8,12-15,17-18,24,27,32-33,37H,2,4,9-11,16,19-23,25-26H2,1H3,(H,36,40);1-3,5-8,10-11,15-16,24-25,31H,4,9,12-14,17-18,29H2,(H,30,33)/t29-,30?,31-;27?,32-,33-;24-,25-/m000/s1. The molecule has 9 aromatic carbocycles. The lowest BCUT2D eigenvalue weighted by molar-refractivity contribution is -0.137. The molecule has 634 valence electrons. The van der Waals surface area contributed by atoms with Crippen molar-refractivity contribution >= 4 is 91.2 Å². The predicted octanol–water partition coefficient (Wildman–Crippen LogP) is 12.3. The van der Waals surface area contributed by atoms with Gasteiger partial charge < -0.3 is 73.6 Å². The number of hydrogen-bond donors (Lipinski definition) is 9. The van der Waals surface area contributed by atoms with Crippen molar-refractivity contribution in [3.63, 3.8) is 0 Å². The number of amides is 7. The summed E-state index contributed by atoms with van der Waals surface area (Å²) in [6.45, 7) is 12.7. The van der Waals surface area contributed by atoms with Crippen LogP contribution in [0, 0.1) is 0 Å². The number of piperidine rings is 2. The van der Waals surface area contributed by atoms with Crippen molar-refractivity contribution < 1.29 is 33.6 Å². The molecule has 8 atom stereocenters. The smallest absolute Gasteiger partial charge is 0.251 e. The van der Waals surface area contributed by atoms with E-state index in [4.69, 9.17) is 28.8 Å². The highest BCUT2D eigenvalue weighted by Gasteiger charge is 2.38. The highest BCUT2D eigenvalue weighted by atomic mass is 35.5. The van der Waals surface area contributed by atoms with Gasteiger partial charge in [-0.15, -0.1) is 0 Å². The van der Waals surface area contributed by atoms with Crippen molar-refractivity contribution in [2.45, 2.75) is 164 Å².